The Hall–Kier alpha value is 0. The van der Waals surface area contributed by atoms with Gasteiger partial charge in [0.25, 0.3) is 0 Å². The molecular weight excluding hydrogens is 204 g/mol. The lowest BCUT2D eigenvalue weighted by Crippen LogP contribution is -2.03. The summed E-state index contributed by atoms with van der Waals surface area (Å²) in [5.74, 6) is 2.25. The molecule has 0 amide bonds. The van der Waals surface area contributed by atoms with Crippen LogP contribution in [0.25, 0.3) is 0 Å². The van der Waals surface area contributed by atoms with Crippen molar-refractivity contribution in [3.05, 3.63) is 0 Å². The van der Waals surface area contributed by atoms with Gasteiger partial charge in [0.1, 0.15) is 0 Å². The van der Waals surface area contributed by atoms with Crippen molar-refractivity contribution in [2.45, 2.75) is 97.3 Å². The van der Waals surface area contributed by atoms with Crippen LogP contribution in [0, 0.1) is 11.8 Å². The highest BCUT2D eigenvalue weighted by Crippen LogP contribution is 2.41. The van der Waals surface area contributed by atoms with E-state index in [1.54, 1.807) is 25.7 Å². The lowest BCUT2D eigenvalue weighted by atomic mass is 9.90. The van der Waals surface area contributed by atoms with Crippen LogP contribution in [0.5, 0.6) is 0 Å². The van der Waals surface area contributed by atoms with Crippen LogP contribution in [-0.2, 0) is 0 Å². The minimum absolute atomic E-state index is 1.11. The van der Waals surface area contributed by atoms with Gasteiger partial charge in [0, 0.05) is 0 Å². The highest BCUT2D eigenvalue weighted by atomic mass is 14.3. The normalized spacial score (nSPS) is 17.3. The maximum absolute atomic E-state index is 2.31. The second-order valence-electron chi connectivity index (χ2n) is 6.15. The molecule has 0 aliphatic heterocycles. The Kier molecular flexibility index (Phi) is 8.83. The first-order valence-electron chi connectivity index (χ1n) is 8.38. The van der Waals surface area contributed by atoms with E-state index in [1.807, 2.05) is 0 Å². The smallest absolute Gasteiger partial charge is 0.0386 e. The van der Waals surface area contributed by atoms with Gasteiger partial charge in [-0.15, -0.1) is 0 Å². The Balaban J connectivity index is 1.98. The quantitative estimate of drug-likeness (QED) is 0.348. The molecule has 17 heavy (non-hydrogen) atoms. The maximum atomic E-state index is 2.31. The fourth-order valence-electron chi connectivity index (χ4n) is 3.03. The van der Waals surface area contributed by atoms with Crippen LogP contribution in [-0.4, -0.2) is 0 Å². The first-order valence-corrected chi connectivity index (χ1v) is 8.38. The van der Waals surface area contributed by atoms with Gasteiger partial charge < -0.3 is 0 Å². The molecule has 0 heteroatoms. The summed E-state index contributed by atoms with van der Waals surface area (Å²) in [5.41, 5.74) is 0. The Morgan fingerprint density at radius 3 is 1.65 bits per heavy atom. The molecule has 1 rings (SSSR count). The molecular formula is C17H34. The van der Waals surface area contributed by atoms with Crippen molar-refractivity contribution in [2.75, 3.05) is 0 Å². The van der Waals surface area contributed by atoms with Crippen LogP contribution >= 0.6 is 0 Å². The molecule has 0 heterocycles. The molecule has 1 aliphatic carbocycles. The van der Waals surface area contributed by atoms with Crippen molar-refractivity contribution in [2.24, 2.45) is 11.8 Å². The lowest BCUT2D eigenvalue weighted by molar-refractivity contribution is 0.364. The molecule has 1 aliphatic rings. The van der Waals surface area contributed by atoms with Gasteiger partial charge in [0.05, 0.1) is 0 Å². The van der Waals surface area contributed by atoms with Crippen LogP contribution in [0.3, 0.4) is 0 Å². The third-order valence-electron chi connectivity index (χ3n) is 4.40. The molecule has 1 saturated carbocycles. The number of hydrogen-bond acceptors (Lipinski definition) is 0. The fraction of sp³-hybridized carbons (Fsp3) is 1.00. The molecule has 0 N–H and O–H groups in total. The van der Waals surface area contributed by atoms with Crippen LogP contribution in [0.2, 0.25) is 0 Å². The maximum Gasteiger partial charge on any atom is -0.0386 e. The Morgan fingerprint density at radius 2 is 1.18 bits per heavy atom. The monoisotopic (exact) mass is 238 g/mol. The van der Waals surface area contributed by atoms with E-state index < -0.39 is 0 Å². The molecule has 1 fully saturated rings. The van der Waals surface area contributed by atoms with Crippen LogP contribution in [0.15, 0.2) is 0 Å². The predicted molar refractivity (Wildman–Crippen MR) is 78.3 cm³/mol. The molecule has 0 aromatic carbocycles. The zero-order valence-corrected chi connectivity index (χ0v) is 12.3. The summed E-state index contributed by atoms with van der Waals surface area (Å²) in [7, 11) is 0. The second-order valence-corrected chi connectivity index (χ2v) is 6.15. The zero-order valence-electron chi connectivity index (χ0n) is 12.3. The van der Waals surface area contributed by atoms with Gasteiger partial charge in [0.15, 0.2) is 0 Å². The molecule has 1 atom stereocenters. The van der Waals surface area contributed by atoms with Gasteiger partial charge in [-0.25, -0.2) is 0 Å². The molecule has 0 spiro atoms. The molecule has 0 nitrogen and oxygen atoms in total. The zero-order chi connectivity index (χ0) is 12.3. The summed E-state index contributed by atoms with van der Waals surface area (Å²) in [4.78, 5) is 0. The van der Waals surface area contributed by atoms with Crippen LogP contribution < -0.4 is 0 Å². The molecule has 0 saturated heterocycles. The number of unbranched alkanes of at least 4 members (excludes halogenated alkanes) is 7. The molecule has 102 valence electrons. The van der Waals surface area contributed by atoms with Crippen molar-refractivity contribution in [3.63, 3.8) is 0 Å². The summed E-state index contributed by atoms with van der Waals surface area (Å²) in [5, 5.41) is 0. The van der Waals surface area contributed by atoms with Gasteiger partial charge in [-0.05, 0) is 24.7 Å². The Bertz CT molecular complexity index is 157. The molecule has 0 radical (unpaired) electrons. The van der Waals surface area contributed by atoms with Gasteiger partial charge in [-0.2, -0.15) is 0 Å². The lowest BCUT2D eigenvalue weighted by Gasteiger charge is -2.15. The van der Waals surface area contributed by atoms with E-state index in [4.69, 9.17) is 0 Å². The van der Waals surface area contributed by atoms with Crippen LogP contribution in [0.1, 0.15) is 97.3 Å². The minimum Gasteiger partial charge on any atom is -0.0654 e. The summed E-state index contributed by atoms with van der Waals surface area (Å²) >= 11 is 0. The van der Waals surface area contributed by atoms with Crippen molar-refractivity contribution >= 4 is 0 Å². The van der Waals surface area contributed by atoms with Gasteiger partial charge in [0.2, 0.25) is 0 Å². The number of rotatable bonds is 12. The average Bonchev–Trinajstić information content (AvgIpc) is 3.16. The fourth-order valence-corrected chi connectivity index (χ4v) is 3.03. The predicted octanol–water partition coefficient (Wildman–Crippen LogP) is 6.34. The van der Waals surface area contributed by atoms with Crippen LogP contribution in [0.4, 0.5) is 0 Å². The van der Waals surface area contributed by atoms with Crippen molar-refractivity contribution in [1.29, 1.82) is 0 Å². The van der Waals surface area contributed by atoms with E-state index in [0.717, 1.165) is 11.8 Å². The molecule has 0 bridgehead atoms. The standard InChI is InChI=1S/C17H34/c1-3-5-7-9-11-13-16(17-14-15-17)12-10-8-6-4-2/h16-17H,3-15H2,1-2H3. The summed E-state index contributed by atoms with van der Waals surface area (Å²) < 4.78 is 0. The van der Waals surface area contributed by atoms with E-state index >= 15 is 0 Å². The van der Waals surface area contributed by atoms with E-state index in [2.05, 4.69) is 13.8 Å². The van der Waals surface area contributed by atoms with E-state index in [1.165, 1.54) is 57.8 Å². The van der Waals surface area contributed by atoms with E-state index in [0.29, 0.717) is 0 Å². The first kappa shape index (κ1) is 15.1. The third kappa shape index (κ3) is 7.84. The first-order chi connectivity index (χ1) is 8.38. The van der Waals surface area contributed by atoms with Crippen molar-refractivity contribution in [3.8, 4) is 0 Å². The summed E-state index contributed by atoms with van der Waals surface area (Å²) in [6.07, 6.45) is 19.3. The van der Waals surface area contributed by atoms with Gasteiger partial charge in [-0.3, -0.25) is 0 Å². The highest BCUT2D eigenvalue weighted by Gasteiger charge is 2.29. The Labute approximate surface area is 110 Å². The SMILES string of the molecule is CCCCCCCC(CCCCCC)C1CC1. The van der Waals surface area contributed by atoms with Crippen molar-refractivity contribution < 1.29 is 0 Å². The molecule has 0 aromatic rings. The average molecular weight is 238 g/mol. The molecule has 1 unspecified atom stereocenters. The van der Waals surface area contributed by atoms with Crippen molar-refractivity contribution in [1.82, 2.24) is 0 Å². The minimum atomic E-state index is 1.11. The Morgan fingerprint density at radius 1 is 0.706 bits per heavy atom. The van der Waals surface area contributed by atoms with E-state index in [-0.39, 0.29) is 0 Å². The summed E-state index contributed by atoms with van der Waals surface area (Å²) in [6.45, 7) is 4.62. The third-order valence-corrected chi connectivity index (χ3v) is 4.40. The van der Waals surface area contributed by atoms with Gasteiger partial charge >= 0.3 is 0 Å². The molecule has 0 aromatic heterocycles. The largest absolute Gasteiger partial charge is 0.0654 e. The van der Waals surface area contributed by atoms with E-state index in [9.17, 15) is 0 Å². The van der Waals surface area contributed by atoms with Gasteiger partial charge in [-0.1, -0.05) is 84.5 Å². The summed E-state index contributed by atoms with van der Waals surface area (Å²) in [6, 6.07) is 0. The second kappa shape index (κ2) is 9.97. The number of hydrogen-bond donors (Lipinski definition) is 0. The highest BCUT2D eigenvalue weighted by molar-refractivity contribution is 4.81. The topological polar surface area (TPSA) is 0 Å².